The van der Waals surface area contributed by atoms with Crippen LogP contribution in [0.25, 0.3) is 0 Å². The van der Waals surface area contributed by atoms with Crippen LogP contribution in [0, 0.1) is 0 Å². The van der Waals surface area contributed by atoms with Crippen molar-refractivity contribution in [1.29, 1.82) is 0 Å². The lowest BCUT2D eigenvalue weighted by atomic mass is 10.1. The molecule has 0 saturated heterocycles. The van der Waals surface area contributed by atoms with E-state index in [0.717, 1.165) is 0 Å². The first kappa shape index (κ1) is 19.3. The third-order valence-electron chi connectivity index (χ3n) is 2.83. The van der Waals surface area contributed by atoms with E-state index in [2.05, 4.69) is 10.6 Å². The maximum atomic E-state index is 12.0. The van der Waals surface area contributed by atoms with Crippen LogP contribution in [0.4, 0.5) is 0 Å². The number of nitrogens with two attached hydrogens (primary N) is 2. The summed E-state index contributed by atoms with van der Waals surface area (Å²) in [5, 5.41) is 23.1. The number of aliphatic hydroxyl groups is 1. The number of hydrogen-bond donors (Lipinski definition) is 6. The van der Waals surface area contributed by atoms with E-state index < -0.39 is 36.0 Å². The fourth-order valence-electron chi connectivity index (χ4n) is 1.65. The van der Waals surface area contributed by atoms with Crippen molar-refractivity contribution in [3.05, 3.63) is 0 Å². The van der Waals surface area contributed by atoms with Crippen molar-refractivity contribution >= 4 is 17.8 Å². The first-order valence-corrected chi connectivity index (χ1v) is 6.74. The number of carbonyl (C=O) groups excluding carboxylic acids is 2. The van der Waals surface area contributed by atoms with E-state index in [0.29, 0.717) is 19.4 Å². The highest BCUT2D eigenvalue weighted by molar-refractivity contribution is 5.91. The normalized spacial score (nSPS) is 14.9. The largest absolute Gasteiger partial charge is 0.480 e. The van der Waals surface area contributed by atoms with Crippen molar-refractivity contribution < 1.29 is 24.6 Å². The Labute approximate surface area is 123 Å². The van der Waals surface area contributed by atoms with Gasteiger partial charge in [-0.1, -0.05) is 0 Å². The number of aliphatic hydroxyl groups excluding tert-OH is 1. The van der Waals surface area contributed by atoms with Crippen LogP contribution in [0.3, 0.4) is 0 Å². The summed E-state index contributed by atoms with van der Waals surface area (Å²) in [4.78, 5) is 34.3. The van der Waals surface area contributed by atoms with Gasteiger partial charge in [0.15, 0.2) is 0 Å². The lowest BCUT2D eigenvalue weighted by Gasteiger charge is -2.23. The summed E-state index contributed by atoms with van der Waals surface area (Å²) in [5.74, 6) is -2.58. The average Bonchev–Trinajstić information content (AvgIpc) is 2.42. The summed E-state index contributed by atoms with van der Waals surface area (Å²) < 4.78 is 0. The predicted octanol–water partition coefficient (Wildman–Crippen LogP) is -2.49. The van der Waals surface area contributed by atoms with Crippen LogP contribution >= 0.6 is 0 Å². The van der Waals surface area contributed by atoms with Gasteiger partial charge in [0.1, 0.15) is 12.1 Å². The van der Waals surface area contributed by atoms with E-state index in [9.17, 15) is 19.5 Å². The van der Waals surface area contributed by atoms with E-state index in [-0.39, 0.29) is 13.0 Å². The van der Waals surface area contributed by atoms with Crippen LogP contribution < -0.4 is 22.1 Å². The van der Waals surface area contributed by atoms with Crippen LogP contribution in [0.5, 0.6) is 0 Å². The second kappa shape index (κ2) is 10.1. The van der Waals surface area contributed by atoms with Gasteiger partial charge < -0.3 is 32.3 Å². The number of amides is 2. The standard InChI is InChI=1S/C12H24N4O5/c1-7(17)10(16-9(18)6-14)11(19)15-8(12(20)21)4-2-3-5-13/h7-8,10,17H,2-6,13-14H2,1H3,(H,15,19)(H,16,18)(H,20,21). The Hall–Kier alpha value is -1.71. The molecule has 0 aliphatic carbocycles. The Bertz CT molecular complexity index is 362. The fourth-order valence-corrected chi connectivity index (χ4v) is 1.65. The Kier molecular flexibility index (Phi) is 9.26. The van der Waals surface area contributed by atoms with Gasteiger partial charge in [-0.15, -0.1) is 0 Å². The minimum absolute atomic E-state index is 0.218. The van der Waals surface area contributed by atoms with Gasteiger partial charge in [-0.3, -0.25) is 9.59 Å². The van der Waals surface area contributed by atoms with E-state index in [1.54, 1.807) is 0 Å². The monoisotopic (exact) mass is 304 g/mol. The molecule has 3 unspecified atom stereocenters. The summed E-state index contributed by atoms with van der Waals surface area (Å²) in [6.07, 6.45) is 0.223. The first-order chi connectivity index (χ1) is 9.83. The maximum Gasteiger partial charge on any atom is 0.326 e. The Morgan fingerprint density at radius 2 is 1.76 bits per heavy atom. The molecule has 0 aliphatic heterocycles. The Morgan fingerprint density at radius 3 is 2.19 bits per heavy atom. The molecule has 0 heterocycles. The van der Waals surface area contributed by atoms with E-state index in [4.69, 9.17) is 16.6 Å². The molecule has 0 saturated carbocycles. The Balaban J connectivity index is 4.67. The van der Waals surface area contributed by atoms with Gasteiger partial charge in [0, 0.05) is 0 Å². The fraction of sp³-hybridized carbons (Fsp3) is 0.750. The molecule has 0 aliphatic rings. The van der Waals surface area contributed by atoms with Gasteiger partial charge in [0.2, 0.25) is 11.8 Å². The molecule has 0 aromatic heterocycles. The highest BCUT2D eigenvalue weighted by atomic mass is 16.4. The molecule has 0 aromatic rings. The third-order valence-corrected chi connectivity index (χ3v) is 2.83. The van der Waals surface area contributed by atoms with Crippen LogP contribution in [0.2, 0.25) is 0 Å². The van der Waals surface area contributed by atoms with Crippen molar-refractivity contribution in [2.75, 3.05) is 13.1 Å². The SMILES string of the molecule is CC(O)C(NC(=O)CN)C(=O)NC(CCCCN)C(=O)O. The van der Waals surface area contributed by atoms with Gasteiger partial charge in [0.25, 0.3) is 0 Å². The molecule has 9 nitrogen and oxygen atoms in total. The minimum Gasteiger partial charge on any atom is -0.480 e. The molecular formula is C12H24N4O5. The second-order valence-electron chi connectivity index (χ2n) is 4.67. The number of hydrogen-bond acceptors (Lipinski definition) is 6. The number of aliphatic carboxylic acids is 1. The zero-order valence-corrected chi connectivity index (χ0v) is 12.0. The van der Waals surface area contributed by atoms with E-state index in [1.165, 1.54) is 6.92 Å². The number of carboxylic acids is 1. The van der Waals surface area contributed by atoms with Crippen LogP contribution in [0.15, 0.2) is 0 Å². The number of unbranched alkanes of at least 4 members (excludes halogenated alkanes) is 1. The van der Waals surface area contributed by atoms with Gasteiger partial charge in [0.05, 0.1) is 12.6 Å². The zero-order valence-electron chi connectivity index (χ0n) is 12.0. The molecule has 9 heteroatoms. The summed E-state index contributed by atoms with van der Waals surface area (Å²) in [6.45, 7) is 1.41. The molecule has 0 fully saturated rings. The number of nitrogens with one attached hydrogen (secondary N) is 2. The lowest BCUT2D eigenvalue weighted by Crippen LogP contribution is -2.56. The highest BCUT2D eigenvalue weighted by Crippen LogP contribution is 2.02. The molecule has 21 heavy (non-hydrogen) atoms. The molecule has 0 rings (SSSR count). The van der Waals surface area contributed by atoms with Gasteiger partial charge >= 0.3 is 5.97 Å². The van der Waals surface area contributed by atoms with E-state index >= 15 is 0 Å². The number of carbonyl (C=O) groups is 3. The predicted molar refractivity (Wildman–Crippen MR) is 75.1 cm³/mol. The molecule has 2 amide bonds. The topological polar surface area (TPSA) is 168 Å². The summed E-state index contributed by atoms with van der Waals surface area (Å²) >= 11 is 0. The third kappa shape index (κ3) is 7.59. The summed E-state index contributed by atoms with van der Waals surface area (Å²) in [7, 11) is 0. The van der Waals surface area contributed by atoms with Crippen molar-refractivity contribution in [1.82, 2.24) is 10.6 Å². The molecule has 122 valence electrons. The highest BCUT2D eigenvalue weighted by Gasteiger charge is 2.29. The lowest BCUT2D eigenvalue weighted by molar-refractivity contribution is -0.143. The quantitative estimate of drug-likeness (QED) is 0.243. The minimum atomic E-state index is -1.25. The van der Waals surface area contributed by atoms with Gasteiger partial charge in [-0.05, 0) is 32.7 Å². The van der Waals surface area contributed by atoms with Crippen molar-refractivity contribution in [3.8, 4) is 0 Å². The molecule has 0 spiro atoms. The van der Waals surface area contributed by atoms with Crippen LogP contribution in [-0.4, -0.2) is 59.3 Å². The molecular weight excluding hydrogens is 280 g/mol. The zero-order chi connectivity index (χ0) is 16.4. The first-order valence-electron chi connectivity index (χ1n) is 6.74. The maximum absolute atomic E-state index is 12.0. The van der Waals surface area contributed by atoms with Crippen LogP contribution in [-0.2, 0) is 14.4 Å². The molecule has 0 bridgehead atoms. The van der Waals surface area contributed by atoms with Crippen molar-refractivity contribution in [2.24, 2.45) is 11.5 Å². The number of rotatable bonds is 10. The van der Waals surface area contributed by atoms with Crippen molar-refractivity contribution in [2.45, 2.75) is 44.4 Å². The Morgan fingerprint density at radius 1 is 1.14 bits per heavy atom. The van der Waals surface area contributed by atoms with Crippen LogP contribution in [0.1, 0.15) is 26.2 Å². The molecule has 8 N–H and O–H groups in total. The van der Waals surface area contributed by atoms with Gasteiger partial charge in [-0.2, -0.15) is 0 Å². The van der Waals surface area contributed by atoms with E-state index in [1.807, 2.05) is 0 Å². The average molecular weight is 304 g/mol. The summed E-state index contributed by atoms with van der Waals surface area (Å²) in [6, 6.07) is -2.35. The number of carboxylic acid groups (broad SMARTS) is 1. The molecule has 0 aromatic carbocycles. The smallest absolute Gasteiger partial charge is 0.326 e. The summed E-state index contributed by atoms with van der Waals surface area (Å²) in [5.41, 5.74) is 10.4. The second-order valence-corrected chi connectivity index (χ2v) is 4.67. The molecule has 3 atom stereocenters. The van der Waals surface area contributed by atoms with Crippen molar-refractivity contribution in [3.63, 3.8) is 0 Å². The van der Waals surface area contributed by atoms with Gasteiger partial charge in [-0.25, -0.2) is 4.79 Å². The molecule has 0 radical (unpaired) electrons.